The van der Waals surface area contributed by atoms with Gasteiger partial charge in [-0.1, -0.05) is 5.16 Å². The molecule has 0 aliphatic carbocycles. The second-order valence-electron chi connectivity index (χ2n) is 3.05. The molecule has 2 rings (SSSR count). The summed E-state index contributed by atoms with van der Waals surface area (Å²) in [5, 5.41) is 14.2. The van der Waals surface area contributed by atoms with Crippen LogP contribution in [-0.4, -0.2) is 19.6 Å². The van der Waals surface area contributed by atoms with Crippen molar-refractivity contribution in [2.24, 2.45) is 7.05 Å². The summed E-state index contributed by atoms with van der Waals surface area (Å²) in [5.74, 6) is 0.990. The van der Waals surface area contributed by atoms with Crippen LogP contribution in [0.3, 0.4) is 0 Å². The average molecular weight is 208 g/mol. The number of nitrogens with zero attached hydrogens (tertiary/aromatic N) is 4. The monoisotopic (exact) mass is 208 g/mol. The zero-order valence-corrected chi connectivity index (χ0v) is 8.17. The van der Waals surface area contributed by atoms with E-state index in [1.54, 1.807) is 14.0 Å². The molecule has 2 aromatic heterocycles. The summed E-state index contributed by atoms with van der Waals surface area (Å²) in [7, 11) is 1.58. The van der Waals surface area contributed by atoms with Gasteiger partial charge in [0.1, 0.15) is 17.5 Å². The molecule has 7 heteroatoms. The van der Waals surface area contributed by atoms with E-state index in [1.165, 1.54) is 17.0 Å². The molecular formula is C8H8N4O3. The van der Waals surface area contributed by atoms with Crippen molar-refractivity contribution in [3.63, 3.8) is 0 Å². The van der Waals surface area contributed by atoms with Crippen molar-refractivity contribution in [1.82, 2.24) is 14.7 Å². The lowest BCUT2D eigenvalue weighted by atomic mass is 10.2. The third-order valence-electron chi connectivity index (χ3n) is 2.14. The number of imidazole rings is 1. The summed E-state index contributed by atoms with van der Waals surface area (Å²) in [6.45, 7) is 1.73. The molecule has 0 atom stereocenters. The Bertz CT molecular complexity index is 514. The van der Waals surface area contributed by atoms with Crippen molar-refractivity contribution in [2.75, 3.05) is 0 Å². The van der Waals surface area contributed by atoms with Crippen LogP contribution >= 0.6 is 0 Å². The van der Waals surface area contributed by atoms with Gasteiger partial charge >= 0.3 is 5.82 Å². The summed E-state index contributed by atoms with van der Waals surface area (Å²) in [6.07, 6.45) is 2.70. The fraction of sp³-hybridized carbons (Fsp3) is 0.250. The maximum atomic E-state index is 10.6. The molecule has 0 aliphatic heterocycles. The van der Waals surface area contributed by atoms with Crippen LogP contribution in [0.15, 0.2) is 16.9 Å². The highest BCUT2D eigenvalue weighted by Gasteiger charge is 2.21. The van der Waals surface area contributed by atoms with E-state index in [1.807, 2.05) is 0 Å². The topological polar surface area (TPSA) is 87.0 Å². The Morgan fingerprint density at radius 3 is 2.73 bits per heavy atom. The maximum absolute atomic E-state index is 10.6. The van der Waals surface area contributed by atoms with E-state index in [9.17, 15) is 10.1 Å². The van der Waals surface area contributed by atoms with Crippen LogP contribution in [0.25, 0.3) is 11.4 Å². The molecule has 15 heavy (non-hydrogen) atoms. The number of hydrogen-bond acceptors (Lipinski definition) is 5. The number of rotatable bonds is 2. The Labute approximate surface area is 84.5 Å². The molecular weight excluding hydrogens is 200 g/mol. The van der Waals surface area contributed by atoms with Crippen LogP contribution < -0.4 is 0 Å². The van der Waals surface area contributed by atoms with Gasteiger partial charge in [-0.3, -0.25) is 0 Å². The highest BCUT2D eigenvalue weighted by atomic mass is 16.6. The predicted octanol–water partition coefficient (Wildman–Crippen LogP) is 1.29. The number of hydrogen-bond donors (Lipinski definition) is 0. The summed E-state index contributed by atoms with van der Waals surface area (Å²) < 4.78 is 6.26. The summed E-state index contributed by atoms with van der Waals surface area (Å²) >= 11 is 0. The third-order valence-corrected chi connectivity index (χ3v) is 2.14. The van der Waals surface area contributed by atoms with Crippen LogP contribution in [-0.2, 0) is 7.05 Å². The molecule has 0 amide bonds. The van der Waals surface area contributed by atoms with E-state index in [-0.39, 0.29) is 5.82 Å². The van der Waals surface area contributed by atoms with Gasteiger partial charge in [0.15, 0.2) is 0 Å². The zero-order valence-electron chi connectivity index (χ0n) is 8.17. The van der Waals surface area contributed by atoms with E-state index in [2.05, 4.69) is 10.1 Å². The van der Waals surface area contributed by atoms with Crippen molar-refractivity contribution < 1.29 is 9.45 Å². The second kappa shape index (κ2) is 3.19. The van der Waals surface area contributed by atoms with Crippen LogP contribution in [0.1, 0.15) is 5.76 Å². The minimum Gasteiger partial charge on any atom is -0.361 e. The lowest BCUT2D eigenvalue weighted by Crippen LogP contribution is -1.98. The van der Waals surface area contributed by atoms with Gasteiger partial charge in [0.05, 0.1) is 13.2 Å². The number of aryl methyl sites for hydroxylation is 1. The average Bonchev–Trinajstić information content (AvgIpc) is 2.71. The molecule has 78 valence electrons. The van der Waals surface area contributed by atoms with Crippen molar-refractivity contribution in [1.29, 1.82) is 0 Å². The quantitative estimate of drug-likeness (QED) is 0.548. The summed E-state index contributed by atoms with van der Waals surface area (Å²) in [4.78, 5) is 14.1. The lowest BCUT2D eigenvalue weighted by molar-refractivity contribution is -0.391. The zero-order chi connectivity index (χ0) is 11.0. The van der Waals surface area contributed by atoms with Gasteiger partial charge in [-0.05, 0) is 11.8 Å². The Balaban J connectivity index is 2.56. The van der Waals surface area contributed by atoms with Crippen molar-refractivity contribution in [2.45, 2.75) is 6.92 Å². The second-order valence-corrected chi connectivity index (χ2v) is 3.05. The normalized spacial score (nSPS) is 10.5. The van der Waals surface area contributed by atoms with Gasteiger partial charge in [0.2, 0.25) is 5.82 Å². The number of nitro groups is 1. The highest BCUT2D eigenvalue weighted by molar-refractivity contribution is 5.58. The summed E-state index contributed by atoms with van der Waals surface area (Å²) in [6, 6.07) is 0. The van der Waals surface area contributed by atoms with Gasteiger partial charge in [0, 0.05) is 0 Å². The Morgan fingerprint density at radius 2 is 2.27 bits per heavy atom. The standard InChI is InChI=1S/C8H8N4O3/c1-5-6(3-10-15-5)8-9-4-7(11(8)2)12(13)14/h3-4H,1-2H3. The first-order valence-electron chi connectivity index (χ1n) is 4.19. The lowest BCUT2D eigenvalue weighted by Gasteiger charge is -1.95. The highest BCUT2D eigenvalue weighted by Crippen LogP contribution is 2.24. The molecule has 0 aliphatic rings. The largest absolute Gasteiger partial charge is 0.361 e. The van der Waals surface area contributed by atoms with E-state index >= 15 is 0 Å². The molecule has 7 nitrogen and oxygen atoms in total. The first-order valence-corrected chi connectivity index (χ1v) is 4.19. The van der Waals surface area contributed by atoms with Crippen molar-refractivity contribution >= 4 is 5.82 Å². The van der Waals surface area contributed by atoms with Crippen molar-refractivity contribution in [3.8, 4) is 11.4 Å². The molecule has 0 aromatic carbocycles. The fourth-order valence-corrected chi connectivity index (χ4v) is 1.33. The van der Waals surface area contributed by atoms with Crippen LogP contribution in [0.5, 0.6) is 0 Å². The Hall–Kier alpha value is -2.18. The van der Waals surface area contributed by atoms with Crippen molar-refractivity contribution in [3.05, 3.63) is 28.3 Å². The predicted molar refractivity (Wildman–Crippen MR) is 50.1 cm³/mol. The molecule has 0 spiro atoms. The first-order chi connectivity index (χ1) is 7.11. The van der Waals surface area contributed by atoms with Gasteiger partial charge in [-0.2, -0.15) is 0 Å². The van der Waals surface area contributed by atoms with Crippen LogP contribution in [0.4, 0.5) is 5.82 Å². The van der Waals surface area contributed by atoms with E-state index in [4.69, 9.17) is 4.52 Å². The van der Waals surface area contributed by atoms with Crippen LogP contribution in [0.2, 0.25) is 0 Å². The van der Waals surface area contributed by atoms with Crippen LogP contribution in [0, 0.1) is 17.0 Å². The maximum Gasteiger partial charge on any atom is 0.342 e. The molecule has 2 aromatic rings. The van der Waals surface area contributed by atoms with Gasteiger partial charge in [-0.25, -0.2) is 9.55 Å². The van der Waals surface area contributed by atoms with Gasteiger partial charge in [0.25, 0.3) is 0 Å². The molecule has 0 saturated heterocycles. The molecule has 0 bridgehead atoms. The SMILES string of the molecule is Cc1oncc1-c1ncc([N+](=O)[O-])n1C. The fourth-order valence-electron chi connectivity index (χ4n) is 1.33. The molecule has 0 radical (unpaired) electrons. The minimum atomic E-state index is -0.487. The van der Waals surface area contributed by atoms with E-state index < -0.39 is 4.92 Å². The molecule has 0 N–H and O–H groups in total. The molecule has 2 heterocycles. The Morgan fingerprint density at radius 1 is 1.53 bits per heavy atom. The Kier molecular flexibility index (Phi) is 2.00. The third kappa shape index (κ3) is 1.37. The van der Waals surface area contributed by atoms with Gasteiger partial charge in [-0.15, -0.1) is 0 Å². The summed E-state index contributed by atoms with van der Waals surface area (Å²) in [5.41, 5.74) is 0.658. The number of aromatic nitrogens is 3. The minimum absolute atomic E-state index is 0.0643. The molecule has 0 saturated carbocycles. The molecule has 0 fully saturated rings. The smallest absolute Gasteiger partial charge is 0.342 e. The first kappa shape index (κ1) is 9.38. The van der Waals surface area contributed by atoms with Gasteiger partial charge < -0.3 is 14.6 Å². The molecule has 0 unspecified atom stereocenters. The van der Waals surface area contributed by atoms with E-state index in [0.717, 1.165) is 0 Å². The van der Waals surface area contributed by atoms with E-state index in [0.29, 0.717) is 17.1 Å².